The molecule has 0 aromatic heterocycles. The van der Waals surface area contributed by atoms with Crippen LogP contribution >= 0.6 is 0 Å². The van der Waals surface area contributed by atoms with Crippen LogP contribution in [0.1, 0.15) is 48.9 Å². The van der Waals surface area contributed by atoms with Crippen molar-refractivity contribution in [3.05, 3.63) is 23.8 Å². The molecule has 2 aliphatic rings. The van der Waals surface area contributed by atoms with E-state index in [1.807, 2.05) is 25.2 Å². The Bertz CT molecular complexity index is 521. The highest BCUT2D eigenvalue weighted by Crippen LogP contribution is 2.34. The molecule has 1 saturated carbocycles. The highest BCUT2D eigenvalue weighted by Gasteiger charge is 2.33. The average Bonchev–Trinajstić information content (AvgIpc) is 2.55. The summed E-state index contributed by atoms with van der Waals surface area (Å²) in [7, 11) is 1.97. The van der Waals surface area contributed by atoms with E-state index < -0.39 is 0 Å². The SMILES string of the molecule is CNC1(CC(=O)c2ccc3c(c2)OCCO3)CCCCC1. The molecular formula is C17H23NO3. The number of benzene rings is 1. The van der Waals surface area contributed by atoms with Gasteiger partial charge in [0.1, 0.15) is 13.2 Å². The summed E-state index contributed by atoms with van der Waals surface area (Å²) < 4.78 is 11.1. The van der Waals surface area contributed by atoms with E-state index in [-0.39, 0.29) is 11.3 Å². The van der Waals surface area contributed by atoms with Gasteiger partial charge in [0.15, 0.2) is 17.3 Å². The first-order valence-electron chi connectivity index (χ1n) is 7.84. The Morgan fingerprint density at radius 1 is 1.14 bits per heavy atom. The lowest BCUT2D eigenvalue weighted by atomic mass is 9.77. The molecule has 0 spiro atoms. The van der Waals surface area contributed by atoms with Gasteiger partial charge in [-0.15, -0.1) is 0 Å². The van der Waals surface area contributed by atoms with Gasteiger partial charge in [-0.1, -0.05) is 19.3 Å². The molecular weight excluding hydrogens is 266 g/mol. The van der Waals surface area contributed by atoms with Crippen LogP contribution in [-0.4, -0.2) is 31.6 Å². The second-order valence-electron chi connectivity index (χ2n) is 6.05. The molecule has 0 radical (unpaired) electrons. The Hall–Kier alpha value is -1.55. The maximum absolute atomic E-state index is 12.6. The monoisotopic (exact) mass is 289 g/mol. The molecule has 0 bridgehead atoms. The molecule has 114 valence electrons. The highest BCUT2D eigenvalue weighted by atomic mass is 16.6. The summed E-state index contributed by atoms with van der Waals surface area (Å²) in [6.07, 6.45) is 6.41. The second kappa shape index (κ2) is 6.06. The van der Waals surface area contributed by atoms with Gasteiger partial charge in [-0.2, -0.15) is 0 Å². The fourth-order valence-corrected chi connectivity index (χ4v) is 3.37. The van der Waals surface area contributed by atoms with Gasteiger partial charge in [-0.25, -0.2) is 0 Å². The summed E-state index contributed by atoms with van der Waals surface area (Å²) in [5, 5.41) is 3.40. The molecule has 4 heteroatoms. The van der Waals surface area contributed by atoms with Crippen molar-refractivity contribution < 1.29 is 14.3 Å². The van der Waals surface area contributed by atoms with Crippen LogP contribution in [-0.2, 0) is 0 Å². The minimum atomic E-state index is -0.0252. The zero-order valence-electron chi connectivity index (χ0n) is 12.6. The summed E-state index contributed by atoms with van der Waals surface area (Å²) in [4.78, 5) is 12.6. The molecule has 0 saturated heterocycles. The number of rotatable bonds is 4. The van der Waals surface area contributed by atoms with Gasteiger partial charge >= 0.3 is 0 Å². The van der Waals surface area contributed by atoms with Crippen molar-refractivity contribution in [2.75, 3.05) is 20.3 Å². The molecule has 1 fully saturated rings. The molecule has 0 unspecified atom stereocenters. The lowest BCUT2D eigenvalue weighted by Gasteiger charge is -2.36. The predicted octanol–water partition coefficient (Wildman–Crippen LogP) is 2.95. The standard InChI is InChI=1S/C17H23NO3/c1-18-17(7-3-2-4-8-17)12-14(19)13-5-6-15-16(11-13)21-10-9-20-15/h5-6,11,18H,2-4,7-10,12H2,1H3. The summed E-state index contributed by atoms with van der Waals surface area (Å²) in [6.45, 7) is 1.12. The van der Waals surface area contributed by atoms with Gasteiger partial charge in [-0.3, -0.25) is 4.79 Å². The van der Waals surface area contributed by atoms with Crippen molar-refractivity contribution in [2.45, 2.75) is 44.1 Å². The van der Waals surface area contributed by atoms with Crippen molar-refractivity contribution in [2.24, 2.45) is 0 Å². The zero-order valence-corrected chi connectivity index (χ0v) is 12.6. The van der Waals surface area contributed by atoms with E-state index in [4.69, 9.17) is 9.47 Å². The van der Waals surface area contributed by atoms with E-state index in [9.17, 15) is 4.79 Å². The van der Waals surface area contributed by atoms with E-state index in [2.05, 4.69) is 5.32 Å². The zero-order chi connectivity index (χ0) is 14.7. The van der Waals surface area contributed by atoms with Crippen molar-refractivity contribution in [1.29, 1.82) is 0 Å². The average molecular weight is 289 g/mol. The molecule has 21 heavy (non-hydrogen) atoms. The van der Waals surface area contributed by atoms with E-state index in [1.54, 1.807) is 0 Å². The first-order valence-corrected chi connectivity index (χ1v) is 7.84. The quantitative estimate of drug-likeness (QED) is 0.866. The van der Waals surface area contributed by atoms with Crippen molar-refractivity contribution in [3.8, 4) is 11.5 Å². The molecule has 4 nitrogen and oxygen atoms in total. The normalized spacial score (nSPS) is 20.0. The van der Waals surface area contributed by atoms with Gasteiger partial charge in [0.25, 0.3) is 0 Å². The molecule has 3 rings (SSSR count). The smallest absolute Gasteiger partial charge is 0.164 e. The van der Waals surface area contributed by atoms with E-state index in [0.717, 1.165) is 24.2 Å². The van der Waals surface area contributed by atoms with Crippen LogP contribution < -0.4 is 14.8 Å². The van der Waals surface area contributed by atoms with Gasteiger partial charge in [-0.05, 0) is 38.1 Å². The fraction of sp³-hybridized carbons (Fsp3) is 0.588. The van der Waals surface area contributed by atoms with E-state index in [0.29, 0.717) is 25.4 Å². The van der Waals surface area contributed by atoms with Crippen LogP contribution in [0.4, 0.5) is 0 Å². The number of nitrogens with one attached hydrogen (secondary N) is 1. The topological polar surface area (TPSA) is 47.6 Å². The van der Waals surface area contributed by atoms with Gasteiger partial charge in [0.05, 0.1) is 0 Å². The van der Waals surface area contributed by atoms with E-state index >= 15 is 0 Å². The number of Topliss-reactive ketones (excluding diaryl/α,β-unsaturated/α-hetero) is 1. The van der Waals surface area contributed by atoms with Crippen LogP contribution in [0, 0.1) is 0 Å². The summed E-state index contributed by atoms with van der Waals surface area (Å²) in [6, 6.07) is 5.51. The maximum Gasteiger partial charge on any atom is 0.164 e. The molecule has 1 heterocycles. The number of hydrogen-bond donors (Lipinski definition) is 1. The third-order valence-corrected chi connectivity index (χ3v) is 4.70. The third kappa shape index (κ3) is 3.05. The van der Waals surface area contributed by atoms with Crippen molar-refractivity contribution >= 4 is 5.78 Å². The first kappa shape index (κ1) is 14.4. The van der Waals surface area contributed by atoms with E-state index in [1.165, 1.54) is 19.3 Å². The van der Waals surface area contributed by atoms with Crippen molar-refractivity contribution in [1.82, 2.24) is 5.32 Å². The van der Waals surface area contributed by atoms with Crippen LogP contribution in [0.2, 0.25) is 0 Å². The minimum Gasteiger partial charge on any atom is -0.486 e. The van der Waals surface area contributed by atoms with Crippen molar-refractivity contribution in [3.63, 3.8) is 0 Å². The molecule has 0 amide bonds. The minimum absolute atomic E-state index is 0.0252. The fourth-order valence-electron chi connectivity index (χ4n) is 3.37. The molecule has 1 N–H and O–H groups in total. The second-order valence-corrected chi connectivity index (χ2v) is 6.05. The predicted molar refractivity (Wildman–Crippen MR) is 81.3 cm³/mol. The number of fused-ring (bicyclic) bond motifs is 1. The number of carbonyl (C=O) groups excluding carboxylic acids is 1. The third-order valence-electron chi connectivity index (χ3n) is 4.70. The largest absolute Gasteiger partial charge is 0.486 e. The Labute approximate surface area is 125 Å². The highest BCUT2D eigenvalue weighted by molar-refractivity contribution is 5.97. The number of carbonyl (C=O) groups is 1. The number of hydrogen-bond acceptors (Lipinski definition) is 4. The Morgan fingerprint density at radius 2 is 1.86 bits per heavy atom. The lowest BCUT2D eigenvalue weighted by molar-refractivity contribution is 0.0913. The number of ketones is 1. The van der Waals surface area contributed by atoms with Gasteiger partial charge < -0.3 is 14.8 Å². The van der Waals surface area contributed by atoms with Crippen LogP contribution in [0.3, 0.4) is 0 Å². The Kier molecular flexibility index (Phi) is 4.15. The van der Waals surface area contributed by atoms with Crippen LogP contribution in [0.15, 0.2) is 18.2 Å². The Morgan fingerprint density at radius 3 is 2.57 bits per heavy atom. The molecule has 1 aliphatic carbocycles. The first-order chi connectivity index (χ1) is 10.2. The van der Waals surface area contributed by atoms with Crippen LogP contribution in [0.25, 0.3) is 0 Å². The molecule has 0 atom stereocenters. The Balaban J connectivity index is 1.75. The van der Waals surface area contributed by atoms with Crippen LogP contribution in [0.5, 0.6) is 11.5 Å². The summed E-state index contributed by atoms with van der Waals surface area (Å²) in [5.41, 5.74) is 0.697. The summed E-state index contributed by atoms with van der Waals surface area (Å²) >= 11 is 0. The maximum atomic E-state index is 12.6. The molecule has 1 aromatic carbocycles. The summed E-state index contributed by atoms with van der Waals surface area (Å²) in [5.74, 6) is 1.61. The molecule has 1 aromatic rings. The lowest BCUT2D eigenvalue weighted by Crippen LogP contribution is -2.46. The van der Waals surface area contributed by atoms with Gasteiger partial charge in [0.2, 0.25) is 0 Å². The molecule has 1 aliphatic heterocycles. The van der Waals surface area contributed by atoms with Gasteiger partial charge in [0, 0.05) is 17.5 Å². The number of ether oxygens (including phenoxy) is 2.